The van der Waals surface area contributed by atoms with Crippen LogP contribution in [0.4, 0.5) is 0 Å². The number of hydrogen-bond donors (Lipinski definition) is 0. The molecule has 0 aliphatic heterocycles. The second-order valence-corrected chi connectivity index (χ2v) is 31.5. The lowest BCUT2D eigenvalue weighted by Gasteiger charge is -2.24. The minimum absolute atomic E-state index is 0.147. The largest absolute Gasteiger partial charge is 0.0616 e. The first-order valence-corrected chi connectivity index (χ1v) is 38.8. The molecule has 21 aromatic rings. The number of benzene rings is 21. The van der Waals surface area contributed by atoms with Crippen LogP contribution in [0.25, 0.3) is 208 Å². The highest BCUT2D eigenvalue weighted by Crippen LogP contribution is 2.60. The van der Waals surface area contributed by atoms with Gasteiger partial charge in [-0.25, -0.2) is 0 Å². The zero-order chi connectivity index (χ0) is 73.1. The van der Waals surface area contributed by atoms with Gasteiger partial charge >= 0.3 is 0 Å². The van der Waals surface area contributed by atoms with Crippen molar-refractivity contribution in [1.82, 2.24) is 0 Å². The molecule has 0 saturated heterocycles. The van der Waals surface area contributed by atoms with Gasteiger partial charge in [-0.05, 0) is 248 Å². The molecule has 23 rings (SSSR count). The van der Waals surface area contributed by atoms with Crippen LogP contribution in [0.3, 0.4) is 0 Å². The molecule has 0 radical (unpaired) electrons. The molecule has 0 unspecified atom stereocenters. The predicted octanol–water partition coefficient (Wildman–Crippen LogP) is 30.7. The van der Waals surface area contributed by atoms with Crippen LogP contribution in [0.1, 0.15) is 49.9 Å². The Kier molecular flexibility index (Phi) is 14.2. The maximum atomic E-state index is 2.45. The molecule has 2 aliphatic rings. The van der Waals surface area contributed by atoms with Gasteiger partial charge in [-0.1, -0.05) is 386 Å². The second kappa shape index (κ2) is 24.5. The summed E-state index contributed by atoms with van der Waals surface area (Å²) < 4.78 is 0. The minimum atomic E-state index is -0.156. The lowest BCUT2D eigenvalue weighted by atomic mass is 9.79. The van der Waals surface area contributed by atoms with Crippen molar-refractivity contribution in [2.75, 3.05) is 0 Å². The fraction of sp³-hybridized carbons (Fsp3) is 0.0545. The molecule has 21 aromatic carbocycles. The maximum absolute atomic E-state index is 2.45. The van der Waals surface area contributed by atoms with Gasteiger partial charge in [-0.2, -0.15) is 0 Å². The first-order valence-electron chi connectivity index (χ1n) is 38.8. The Balaban J connectivity index is 0.000000136. The standard InChI is InChI=1S/C57H38.C53H36/c1-57(2)51-32-16-31-39(54(51)55-44-25-9-7-22-41(44)42-23-8-14-30-49(42)56(55)57)35-18-15-19-37(33-35)52-45-26-10-12-28-47(45)53(48-29-13-11-27-46(48)52)50-34-36-17-3-4-20-38(36)40-21-5-6-24-43(40)50;1-53(2)47-31-15-29-37(50(47)51-41-23-7-5-21-38(41)39-22-6-12-28-46(39)52(51)53)34-18-13-19-35(32-34)48-42-24-8-10-26-44(42)49(45-27-11-9-25-43(45)48)40-30-14-17-33-16-3-4-20-36(33)40/h3-34H,1-2H3;3-32H,1-2H3. The smallest absolute Gasteiger partial charge is 0.0165 e. The summed E-state index contributed by atoms with van der Waals surface area (Å²) >= 11 is 0. The van der Waals surface area contributed by atoms with Crippen LogP contribution in [-0.4, -0.2) is 0 Å². The summed E-state index contributed by atoms with van der Waals surface area (Å²) in [6.45, 7) is 9.65. The van der Waals surface area contributed by atoms with Crippen LogP contribution in [0.2, 0.25) is 0 Å². The van der Waals surface area contributed by atoms with Crippen molar-refractivity contribution in [3.63, 3.8) is 0 Å². The molecule has 0 saturated carbocycles. The van der Waals surface area contributed by atoms with E-state index in [9.17, 15) is 0 Å². The topological polar surface area (TPSA) is 0 Å². The monoisotopic (exact) mass is 1390 g/mol. The van der Waals surface area contributed by atoms with Gasteiger partial charge in [0.05, 0.1) is 0 Å². The van der Waals surface area contributed by atoms with Crippen molar-refractivity contribution in [3.8, 4) is 89.0 Å². The van der Waals surface area contributed by atoms with E-state index in [2.05, 4.69) is 404 Å². The Morgan fingerprint density at radius 3 is 0.827 bits per heavy atom. The summed E-state index contributed by atoms with van der Waals surface area (Å²) in [5.74, 6) is 0. The van der Waals surface area contributed by atoms with Crippen molar-refractivity contribution in [2.45, 2.75) is 38.5 Å². The van der Waals surface area contributed by atoms with Gasteiger partial charge in [-0.3, -0.25) is 0 Å². The quantitative estimate of drug-likeness (QED) is 0.115. The number of fused-ring (bicyclic) bond motifs is 24. The molecule has 0 spiro atoms. The normalized spacial score (nSPS) is 13.2. The van der Waals surface area contributed by atoms with Gasteiger partial charge in [0, 0.05) is 10.8 Å². The van der Waals surface area contributed by atoms with Crippen LogP contribution >= 0.6 is 0 Å². The summed E-state index contributed by atoms with van der Waals surface area (Å²) in [4.78, 5) is 0. The molecule has 0 heteroatoms. The molecule has 0 fully saturated rings. The Bertz CT molecular complexity index is 7400. The van der Waals surface area contributed by atoms with Crippen molar-refractivity contribution >= 4 is 118 Å². The zero-order valence-corrected chi connectivity index (χ0v) is 61.8. The molecule has 0 nitrogen and oxygen atoms in total. The molecule has 0 amide bonds. The van der Waals surface area contributed by atoms with Gasteiger partial charge in [0.2, 0.25) is 0 Å². The van der Waals surface area contributed by atoms with Crippen molar-refractivity contribution < 1.29 is 0 Å². The first kappa shape index (κ1) is 63.7. The van der Waals surface area contributed by atoms with Crippen LogP contribution < -0.4 is 0 Å². The summed E-state index contributed by atoms with van der Waals surface area (Å²) in [6.07, 6.45) is 0. The molecule has 514 valence electrons. The highest BCUT2D eigenvalue weighted by Gasteiger charge is 2.42. The van der Waals surface area contributed by atoms with Crippen LogP contribution in [0.15, 0.2) is 376 Å². The van der Waals surface area contributed by atoms with E-state index in [-0.39, 0.29) is 10.8 Å². The van der Waals surface area contributed by atoms with E-state index >= 15 is 0 Å². The second-order valence-electron chi connectivity index (χ2n) is 31.5. The number of hydrogen-bond acceptors (Lipinski definition) is 0. The highest BCUT2D eigenvalue weighted by atomic mass is 14.4. The SMILES string of the molecule is CC1(C)c2cccc(-c3cccc(-c4c5ccccc5c(-c5cc6ccccc6c6ccccc56)c5ccccc45)c3)c2-c2c1c1ccccc1c1ccccc21.CC1(C)c2cccc(-c3cccc(-c4c5ccccc5c(-c5cccc6ccccc56)c5ccccc45)c3)c2-c2c1c1ccccc1c1ccccc21. The van der Waals surface area contributed by atoms with Crippen LogP contribution in [0.5, 0.6) is 0 Å². The van der Waals surface area contributed by atoms with Gasteiger partial charge in [0.25, 0.3) is 0 Å². The van der Waals surface area contributed by atoms with E-state index < -0.39 is 0 Å². The van der Waals surface area contributed by atoms with E-state index in [4.69, 9.17) is 0 Å². The third kappa shape index (κ3) is 9.33. The summed E-state index contributed by atoms with van der Waals surface area (Å²) in [5, 5.41) is 28.5. The molecule has 0 N–H and O–H groups in total. The average molecular weight is 1400 g/mol. The zero-order valence-electron chi connectivity index (χ0n) is 61.8. The maximum Gasteiger partial charge on any atom is 0.0165 e. The van der Waals surface area contributed by atoms with E-state index in [1.165, 1.54) is 230 Å². The third-order valence-corrected chi connectivity index (χ3v) is 25.0. The molecular formula is C110H74. The fourth-order valence-corrected chi connectivity index (χ4v) is 20.4. The van der Waals surface area contributed by atoms with Crippen molar-refractivity contribution in [3.05, 3.63) is 398 Å². The molecule has 2 aliphatic carbocycles. The van der Waals surface area contributed by atoms with Gasteiger partial charge in [-0.15, -0.1) is 0 Å². The summed E-state index contributed by atoms with van der Waals surface area (Å²) in [5.41, 5.74) is 26.1. The molecule has 0 bridgehead atoms. The fourth-order valence-electron chi connectivity index (χ4n) is 20.4. The number of rotatable bonds is 6. The van der Waals surface area contributed by atoms with Gasteiger partial charge in [0.15, 0.2) is 0 Å². The Hall–Kier alpha value is -13.5. The van der Waals surface area contributed by atoms with Crippen molar-refractivity contribution in [2.24, 2.45) is 0 Å². The minimum Gasteiger partial charge on any atom is -0.0616 e. The third-order valence-electron chi connectivity index (χ3n) is 25.0. The Morgan fingerprint density at radius 1 is 0.145 bits per heavy atom. The first-order chi connectivity index (χ1) is 54.2. The van der Waals surface area contributed by atoms with Gasteiger partial charge < -0.3 is 0 Å². The molecule has 0 atom stereocenters. The van der Waals surface area contributed by atoms with Gasteiger partial charge in [0.1, 0.15) is 0 Å². The van der Waals surface area contributed by atoms with Crippen molar-refractivity contribution in [1.29, 1.82) is 0 Å². The Morgan fingerprint density at radius 2 is 0.409 bits per heavy atom. The molecular weight excluding hydrogens is 1320 g/mol. The average Bonchev–Trinajstić information content (AvgIpc) is 1.52. The lowest BCUT2D eigenvalue weighted by molar-refractivity contribution is 0.666. The van der Waals surface area contributed by atoms with E-state index in [0.29, 0.717) is 0 Å². The summed E-state index contributed by atoms with van der Waals surface area (Å²) in [7, 11) is 0. The predicted molar refractivity (Wildman–Crippen MR) is 473 cm³/mol. The van der Waals surface area contributed by atoms with Crippen LogP contribution in [0, 0.1) is 0 Å². The highest BCUT2D eigenvalue weighted by molar-refractivity contribution is 6.28. The Labute approximate surface area is 640 Å². The van der Waals surface area contributed by atoms with E-state index in [1.54, 1.807) is 0 Å². The molecule has 110 heavy (non-hydrogen) atoms. The van der Waals surface area contributed by atoms with E-state index in [1.807, 2.05) is 0 Å². The van der Waals surface area contributed by atoms with E-state index in [0.717, 1.165) is 0 Å². The summed E-state index contributed by atoms with van der Waals surface area (Å²) in [6, 6.07) is 140. The van der Waals surface area contributed by atoms with Crippen LogP contribution in [-0.2, 0) is 10.8 Å². The lowest BCUT2D eigenvalue weighted by Crippen LogP contribution is -2.15. The molecule has 0 aromatic heterocycles. The molecule has 0 heterocycles.